The van der Waals surface area contributed by atoms with Gasteiger partial charge >= 0.3 is 5.97 Å². The van der Waals surface area contributed by atoms with Crippen molar-refractivity contribution in [1.82, 2.24) is 25.0 Å². The topological polar surface area (TPSA) is 132 Å². The fraction of sp³-hybridized carbons (Fsp3) is 0.688. The van der Waals surface area contributed by atoms with E-state index in [0.29, 0.717) is 16.3 Å². The van der Waals surface area contributed by atoms with Crippen molar-refractivity contribution in [2.45, 2.75) is 56.2 Å². The van der Waals surface area contributed by atoms with Gasteiger partial charge in [0.15, 0.2) is 21.5 Å². The number of carbonyl (C=O) groups excluding carboxylic acids is 1. The molecule has 2 aromatic heterocycles. The Hall–Kier alpha value is -1.53. The normalized spacial score (nSPS) is 24.8. The Labute approximate surface area is 170 Å². The van der Waals surface area contributed by atoms with Crippen molar-refractivity contribution in [3.05, 3.63) is 5.15 Å². The number of aliphatic hydroxyl groups is 2. The van der Waals surface area contributed by atoms with Crippen molar-refractivity contribution in [2.24, 2.45) is 0 Å². The fourth-order valence-corrected chi connectivity index (χ4v) is 3.96. The van der Waals surface area contributed by atoms with Crippen LogP contribution in [0.1, 0.15) is 32.7 Å². The summed E-state index contributed by atoms with van der Waals surface area (Å²) in [5.74, 6) is 0.300. The number of nitrogens with zero attached hydrogens (tertiary/aromatic N) is 5. The minimum Gasteiger partial charge on any atom is -0.464 e. The largest absolute Gasteiger partial charge is 0.464 e. The molecule has 0 aliphatic heterocycles. The lowest BCUT2D eigenvalue weighted by Crippen LogP contribution is -2.34. The van der Waals surface area contributed by atoms with Gasteiger partial charge in [0, 0.05) is 12.2 Å². The molecule has 1 aliphatic carbocycles. The van der Waals surface area contributed by atoms with Crippen LogP contribution >= 0.6 is 23.4 Å². The van der Waals surface area contributed by atoms with Gasteiger partial charge in [-0.3, -0.25) is 0 Å². The van der Waals surface area contributed by atoms with E-state index in [1.54, 1.807) is 6.92 Å². The Morgan fingerprint density at radius 1 is 1.32 bits per heavy atom. The molecule has 2 aromatic rings. The highest BCUT2D eigenvalue weighted by Crippen LogP contribution is 2.35. The summed E-state index contributed by atoms with van der Waals surface area (Å²) in [4.78, 5) is 20.1. The molecule has 10 nitrogen and oxygen atoms in total. The average molecular weight is 432 g/mol. The van der Waals surface area contributed by atoms with Crippen molar-refractivity contribution in [3.8, 4) is 0 Å². The van der Waals surface area contributed by atoms with Gasteiger partial charge in [-0.2, -0.15) is 0 Å². The molecule has 1 fully saturated rings. The van der Waals surface area contributed by atoms with Crippen molar-refractivity contribution in [2.75, 3.05) is 19.0 Å². The smallest absolute Gasteiger partial charge is 0.332 e. The number of aliphatic hydroxyl groups excluding tert-OH is 2. The van der Waals surface area contributed by atoms with Gasteiger partial charge < -0.3 is 19.7 Å². The van der Waals surface area contributed by atoms with Gasteiger partial charge in [0.25, 0.3) is 0 Å². The van der Waals surface area contributed by atoms with E-state index in [-0.39, 0.29) is 24.8 Å². The number of ether oxygens (including phenoxy) is 2. The molecule has 1 aliphatic rings. The lowest BCUT2D eigenvalue weighted by atomic mass is 10.2. The summed E-state index contributed by atoms with van der Waals surface area (Å²) in [6.07, 6.45) is -1.94. The highest BCUT2D eigenvalue weighted by molar-refractivity contribution is 7.99. The number of fused-ring (bicyclic) bond motifs is 1. The second-order valence-corrected chi connectivity index (χ2v) is 7.71. The SMILES string of the molecule is CCCSc1nc(Cl)c2nnn([C@@H]3C[C@H](OCC(=O)OCC)[C@H](O)[C@H]3O)c2n1. The first-order chi connectivity index (χ1) is 13.5. The van der Waals surface area contributed by atoms with Crippen molar-refractivity contribution >= 4 is 40.5 Å². The van der Waals surface area contributed by atoms with E-state index in [1.165, 1.54) is 16.4 Å². The maximum atomic E-state index is 11.5. The van der Waals surface area contributed by atoms with Gasteiger partial charge in [0.05, 0.1) is 18.8 Å². The number of halogens is 1. The van der Waals surface area contributed by atoms with Crippen LogP contribution in [0.3, 0.4) is 0 Å². The van der Waals surface area contributed by atoms with E-state index in [2.05, 4.69) is 20.3 Å². The summed E-state index contributed by atoms with van der Waals surface area (Å²) >= 11 is 7.66. The summed E-state index contributed by atoms with van der Waals surface area (Å²) in [6.45, 7) is 3.67. The summed E-state index contributed by atoms with van der Waals surface area (Å²) in [7, 11) is 0. The van der Waals surface area contributed by atoms with E-state index in [1.807, 2.05) is 6.92 Å². The molecule has 0 bridgehead atoms. The Balaban J connectivity index is 1.81. The number of hydrogen-bond donors (Lipinski definition) is 2. The lowest BCUT2D eigenvalue weighted by Gasteiger charge is -2.17. The highest BCUT2D eigenvalue weighted by atomic mass is 35.5. The molecule has 1 saturated carbocycles. The molecule has 0 saturated heterocycles. The molecule has 0 spiro atoms. The first-order valence-electron chi connectivity index (χ1n) is 9.00. The molecule has 154 valence electrons. The van der Waals surface area contributed by atoms with Crippen molar-refractivity contribution in [3.63, 3.8) is 0 Å². The predicted molar refractivity (Wildman–Crippen MR) is 101 cm³/mol. The summed E-state index contributed by atoms with van der Waals surface area (Å²) in [5, 5.41) is 29.5. The molecule has 28 heavy (non-hydrogen) atoms. The molecular formula is C16H22ClN5O5S. The van der Waals surface area contributed by atoms with Crippen molar-refractivity contribution in [1.29, 1.82) is 0 Å². The van der Waals surface area contributed by atoms with Gasteiger partial charge in [-0.05, 0) is 13.3 Å². The first-order valence-corrected chi connectivity index (χ1v) is 10.4. The van der Waals surface area contributed by atoms with Crippen LogP contribution in [0.5, 0.6) is 0 Å². The third-order valence-electron chi connectivity index (χ3n) is 4.33. The molecule has 2 heterocycles. The molecule has 0 unspecified atom stereocenters. The lowest BCUT2D eigenvalue weighted by molar-refractivity contribution is -0.153. The van der Waals surface area contributed by atoms with E-state index < -0.39 is 30.3 Å². The van der Waals surface area contributed by atoms with E-state index >= 15 is 0 Å². The van der Waals surface area contributed by atoms with Crippen LogP contribution < -0.4 is 0 Å². The summed E-state index contributed by atoms with van der Waals surface area (Å²) in [6, 6.07) is -0.637. The van der Waals surface area contributed by atoms with Crippen LogP contribution in [0.15, 0.2) is 5.16 Å². The van der Waals surface area contributed by atoms with Crippen LogP contribution in [0.4, 0.5) is 0 Å². The van der Waals surface area contributed by atoms with Gasteiger partial charge in [-0.25, -0.2) is 19.4 Å². The highest BCUT2D eigenvalue weighted by Gasteiger charge is 2.45. The average Bonchev–Trinajstić information content (AvgIpc) is 3.21. The van der Waals surface area contributed by atoms with Gasteiger partial charge in [-0.15, -0.1) is 5.10 Å². The second-order valence-electron chi connectivity index (χ2n) is 6.29. The molecule has 2 N–H and O–H groups in total. The van der Waals surface area contributed by atoms with Gasteiger partial charge in [-0.1, -0.05) is 35.5 Å². The maximum absolute atomic E-state index is 11.5. The summed E-state index contributed by atoms with van der Waals surface area (Å²) in [5.41, 5.74) is 0.695. The summed E-state index contributed by atoms with van der Waals surface area (Å²) < 4.78 is 11.7. The van der Waals surface area contributed by atoms with E-state index in [0.717, 1.165) is 12.2 Å². The molecule has 0 aromatic carbocycles. The third-order valence-corrected chi connectivity index (χ3v) is 5.65. The predicted octanol–water partition coefficient (Wildman–Crippen LogP) is 0.992. The molecular weight excluding hydrogens is 410 g/mol. The number of thioether (sulfide) groups is 1. The first kappa shape index (κ1) is 21.2. The number of aromatic nitrogens is 5. The van der Waals surface area contributed by atoms with E-state index in [4.69, 9.17) is 21.1 Å². The van der Waals surface area contributed by atoms with E-state index in [9.17, 15) is 15.0 Å². The Bertz CT molecular complexity index is 837. The van der Waals surface area contributed by atoms with Gasteiger partial charge in [0.1, 0.15) is 18.8 Å². The molecule has 12 heteroatoms. The number of rotatable bonds is 8. The molecule has 4 atom stereocenters. The van der Waals surface area contributed by atoms with Crippen molar-refractivity contribution < 1.29 is 24.5 Å². The minimum atomic E-state index is -1.19. The van der Waals surface area contributed by atoms with Crippen LogP contribution in [0.2, 0.25) is 5.15 Å². The second kappa shape index (κ2) is 9.31. The van der Waals surface area contributed by atoms with Crippen LogP contribution in [0, 0.1) is 0 Å². The Kier molecular flexibility index (Phi) is 7.05. The quantitative estimate of drug-likeness (QED) is 0.270. The maximum Gasteiger partial charge on any atom is 0.332 e. The molecule has 0 amide bonds. The zero-order valence-electron chi connectivity index (χ0n) is 15.5. The standard InChI is InChI=1S/C16H22ClN5O5S/c1-3-5-28-16-18-14(17)11-15(19-16)22(21-20-11)8-6-9(13(25)12(8)24)27-7-10(23)26-4-2/h8-9,12-13,24-25H,3-7H2,1-2H3/t8-,9+,12+,13+/m1/s1. The number of esters is 1. The van der Waals surface area contributed by atoms with Crippen LogP contribution in [-0.2, 0) is 14.3 Å². The van der Waals surface area contributed by atoms with Crippen LogP contribution in [0.25, 0.3) is 11.2 Å². The minimum absolute atomic E-state index is 0.179. The fourth-order valence-electron chi connectivity index (χ4n) is 3.01. The molecule has 3 rings (SSSR count). The monoisotopic (exact) mass is 431 g/mol. The third kappa shape index (κ3) is 4.38. The zero-order valence-corrected chi connectivity index (χ0v) is 17.1. The van der Waals surface area contributed by atoms with Crippen LogP contribution in [-0.4, -0.2) is 78.4 Å². The Morgan fingerprint density at radius 2 is 2.11 bits per heavy atom. The number of carbonyl (C=O) groups is 1. The number of hydrogen-bond acceptors (Lipinski definition) is 10. The van der Waals surface area contributed by atoms with Gasteiger partial charge in [0.2, 0.25) is 0 Å². The zero-order chi connectivity index (χ0) is 20.3. The molecule has 0 radical (unpaired) electrons. The Morgan fingerprint density at radius 3 is 2.82 bits per heavy atom.